The fourth-order valence-electron chi connectivity index (χ4n) is 1.46. The van der Waals surface area contributed by atoms with Crippen molar-refractivity contribution in [2.75, 3.05) is 11.9 Å². The summed E-state index contributed by atoms with van der Waals surface area (Å²) in [4.78, 5) is 34.0. The average Bonchev–Trinajstić information content (AvgIpc) is 2.40. The van der Waals surface area contributed by atoms with Crippen LogP contribution in [0.15, 0.2) is 18.2 Å². The van der Waals surface area contributed by atoms with Gasteiger partial charge in [0.15, 0.2) is 0 Å². The van der Waals surface area contributed by atoms with Crippen molar-refractivity contribution in [3.05, 3.63) is 28.8 Å². The van der Waals surface area contributed by atoms with Crippen LogP contribution in [-0.2, 0) is 9.53 Å². The van der Waals surface area contributed by atoms with Crippen molar-refractivity contribution in [1.29, 1.82) is 0 Å². The molecule has 0 spiro atoms. The Bertz CT molecular complexity index is 561. The Labute approximate surface area is 126 Å². The number of esters is 1. The molecule has 8 heteroatoms. The van der Waals surface area contributed by atoms with Crippen molar-refractivity contribution in [3.63, 3.8) is 0 Å². The third-order valence-corrected chi connectivity index (χ3v) is 2.77. The van der Waals surface area contributed by atoms with E-state index in [1.807, 2.05) is 0 Å². The first kappa shape index (κ1) is 16.8. The zero-order valence-corrected chi connectivity index (χ0v) is 12.2. The van der Waals surface area contributed by atoms with E-state index in [0.29, 0.717) is 0 Å². The number of hydrogen-bond acceptors (Lipinski definition) is 4. The number of nitrogens with one attached hydrogen (secondary N) is 2. The third kappa shape index (κ3) is 4.96. The molecule has 0 radical (unpaired) electrons. The molecule has 3 N–H and O–H groups in total. The molecule has 2 amide bonds. The summed E-state index contributed by atoms with van der Waals surface area (Å²) in [6.07, 6.45) is 0. The first-order valence-electron chi connectivity index (χ1n) is 6.12. The van der Waals surface area contributed by atoms with Crippen molar-refractivity contribution < 1.29 is 24.2 Å². The van der Waals surface area contributed by atoms with E-state index >= 15 is 0 Å². The quantitative estimate of drug-likeness (QED) is 0.722. The lowest BCUT2D eigenvalue weighted by Crippen LogP contribution is -2.41. The molecule has 114 valence electrons. The Morgan fingerprint density at radius 1 is 1.38 bits per heavy atom. The number of amides is 2. The highest BCUT2D eigenvalue weighted by Gasteiger charge is 2.17. The van der Waals surface area contributed by atoms with Gasteiger partial charge in [-0.15, -0.1) is 0 Å². The van der Waals surface area contributed by atoms with E-state index in [-0.39, 0.29) is 22.9 Å². The highest BCUT2D eigenvalue weighted by Crippen LogP contribution is 2.20. The number of aromatic carboxylic acids is 1. The lowest BCUT2D eigenvalue weighted by Gasteiger charge is -2.13. The van der Waals surface area contributed by atoms with E-state index in [1.54, 1.807) is 6.92 Å². The second kappa shape index (κ2) is 7.49. The predicted molar refractivity (Wildman–Crippen MR) is 76.7 cm³/mol. The summed E-state index contributed by atoms with van der Waals surface area (Å²) in [6.45, 7) is 3.35. The first-order chi connectivity index (χ1) is 9.85. The summed E-state index contributed by atoms with van der Waals surface area (Å²) in [7, 11) is 0. The predicted octanol–water partition coefficient (Wildman–Crippen LogP) is 2.11. The third-order valence-electron chi connectivity index (χ3n) is 2.44. The number of rotatable bonds is 5. The fourth-order valence-corrected chi connectivity index (χ4v) is 1.66. The van der Waals surface area contributed by atoms with Gasteiger partial charge in [0.05, 0.1) is 17.2 Å². The molecule has 0 aliphatic carbocycles. The zero-order chi connectivity index (χ0) is 16.0. The second-order valence-corrected chi connectivity index (χ2v) is 4.48. The van der Waals surface area contributed by atoms with E-state index in [4.69, 9.17) is 21.4 Å². The highest BCUT2D eigenvalue weighted by molar-refractivity contribution is 6.33. The van der Waals surface area contributed by atoms with Crippen LogP contribution < -0.4 is 10.6 Å². The summed E-state index contributed by atoms with van der Waals surface area (Å²) >= 11 is 5.72. The molecule has 1 aromatic carbocycles. The SMILES string of the molecule is CCOC(=O)C(C)NC(=O)Nc1ccc(Cl)c(C(=O)O)c1. The maximum Gasteiger partial charge on any atom is 0.337 e. The van der Waals surface area contributed by atoms with E-state index < -0.39 is 24.0 Å². The lowest BCUT2D eigenvalue weighted by atomic mass is 10.2. The van der Waals surface area contributed by atoms with Crippen LogP contribution in [0.3, 0.4) is 0 Å². The Kier molecular flexibility index (Phi) is 5.98. The smallest absolute Gasteiger partial charge is 0.337 e. The number of carbonyl (C=O) groups is 3. The van der Waals surface area contributed by atoms with Crippen LogP contribution in [0.4, 0.5) is 10.5 Å². The molecule has 0 fully saturated rings. The van der Waals surface area contributed by atoms with Crippen molar-refractivity contribution in [2.45, 2.75) is 19.9 Å². The van der Waals surface area contributed by atoms with Crippen molar-refractivity contribution in [1.82, 2.24) is 5.32 Å². The van der Waals surface area contributed by atoms with Gasteiger partial charge in [-0.2, -0.15) is 0 Å². The van der Waals surface area contributed by atoms with Crippen molar-refractivity contribution >= 4 is 35.3 Å². The van der Waals surface area contributed by atoms with Gasteiger partial charge < -0.3 is 20.5 Å². The average molecular weight is 315 g/mol. The van der Waals surface area contributed by atoms with Crippen molar-refractivity contribution in [3.8, 4) is 0 Å². The number of halogens is 1. The lowest BCUT2D eigenvalue weighted by molar-refractivity contribution is -0.144. The molecule has 7 nitrogen and oxygen atoms in total. The summed E-state index contributed by atoms with van der Waals surface area (Å²) in [5, 5.41) is 13.8. The number of carboxylic acid groups (broad SMARTS) is 1. The van der Waals surface area contributed by atoms with Crippen LogP contribution in [0.1, 0.15) is 24.2 Å². The molecular weight excluding hydrogens is 300 g/mol. The standard InChI is InChI=1S/C13H15ClN2O5/c1-3-21-12(19)7(2)15-13(20)16-8-4-5-10(14)9(6-8)11(17)18/h4-7H,3H2,1-2H3,(H,17,18)(H2,15,16,20). The highest BCUT2D eigenvalue weighted by atomic mass is 35.5. The van der Waals surface area contributed by atoms with Crippen molar-refractivity contribution in [2.24, 2.45) is 0 Å². The maximum atomic E-state index is 11.7. The van der Waals surface area contributed by atoms with Gasteiger partial charge in [-0.1, -0.05) is 11.6 Å². The molecule has 1 unspecified atom stereocenters. The molecule has 0 saturated carbocycles. The Balaban J connectivity index is 2.69. The van der Waals surface area contributed by atoms with Gasteiger partial charge >= 0.3 is 18.0 Å². The number of urea groups is 1. The van der Waals surface area contributed by atoms with Gasteiger partial charge in [-0.05, 0) is 32.0 Å². The monoisotopic (exact) mass is 314 g/mol. The molecule has 0 aliphatic rings. The Hall–Kier alpha value is -2.28. The molecule has 1 rings (SSSR count). The van der Waals surface area contributed by atoms with E-state index in [0.717, 1.165) is 0 Å². The number of ether oxygens (including phenoxy) is 1. The number of benzene rings is 1. The van der Waals surface area contributed by atoms with E-state index in [9.17, 15) is 14.4 Å². The van der Waals surface area contributed by atoms with Crippen LogP contribution in [-0.4, -0.2) is 35.7 Å². The van der Waals surface area contributed by atoms with E-state index in [2.05, 4.69) is 10.6 Å². The van der Waals surface area contributed by atoms with Gasteiger partial charge in [0, 0.05) is 5.69 Å². The molecule has 0 aromatic heterocycles. The maximum absolute atomic E-state index is 11.7. The zero-order valence-electron chi connectivity index (χ0n) is 11.5. The van der Waals surface area contributed by atoms with Gasteiger partial charge in [0.1, 0.15) is 6.04 Å². The summed E-state index contributed by atoms with van der Waals surface area (Å²) < 4.78 is 4.74. The van der Waals surface area contributed by atoms with Crippen LogP contribution in [0.5, 0.6) is 0 Å². The minimum absolute atomic E-state index is 0.0633. The molecule has 0 saturated heterocycles. The number of carbonyl (C=O) groups excluding carboxylic acids is 2. The van der Waals surface area contributed by atoms with Gasteiger partial charge in [0.2, 0.25) is 0 Å². The van der Waals surface area contributed by atoms with Crippen LogP contribution >= 0.6 is 11.6 Å². The fraction of sp³-hybridized carbons (Fsp3) is 0.308. The van der Waals surface area contributed by atoms with Crippen LogP contribution in [0, 0.1) is 0 Å². The first-order valence-corrected chi connectivity index (χ1v) is 6.50. The topological polar surface area (TPSA) is 105 Å². The molecule has 0 bridgehead atoms. The van der Waals surface area contributed by atoms with Crippen LogP contribution in [0.2, 0.25) is 5.02 Å². The number of anilines is 1. The number of carboxylic acids is 1. The summed E-state index contributed by atoms with van der Waals surface area (Å²) in [6, 6.07) is 2.54. The Morgan fingerprint density at radius 2 is 2.05 bits per heavy atom. The van der Waals surface area contributed by atoms with Gasteiger partial charge in [-0.3, -0.25) is 0 Å². The Morgan fingerprint density at radius 3 is 2.62 bits per heavy atom. The number of hydrogen-bond donors (Lipinski definition) is 3. The summed E-state index contributed by atoms with van der Waals surface area (Å²) in [5.74, 6) is -1.76. The van der Waals surface area contributed by atoms with E-state index in [1.165, 1.54) is 25.1 Å². The van der Waals surface area contributed by atoms with Gasteiger partial charge in [-0.25, -0.2) is 14.4 Å². The molecule has 0 heterocycles. The molecule has 21 heavy (non-hydrogen) atoms. The normalized spacial score (nSPS) is 11.4. The van der Waals surface area contributed by atoms with Crippen LogP contribution in [0.25, 0.3) is 0 Å². The minimum atomic E-state index is -1.20. The largest absolute Gasteiger partial charge is 0.478 e. The molecule has 0 aliphatic heterocycles. The summed E-state index contributed by atoms with van der Waals surface area (Å²) in [5.41, 5.74) is 0.110. The molecule has 1 aromatic rings. The van der Waals surface area contributed by atoms with Gasteiger partial charge in [0.25, 0.3) is 0 Å². The molecule has 1 atom stereocenters. The molecular formula is C13H15ClN2O5. The second-order valence-electron chi connectivity index (χ2n) is 4.07. The minimum Gasteiger partial charge on any atom is -0.478 e.